The van der Waals surface area contributed by atoms with Crippen molar-refractivity contribution >= 4 is 15.9 Å². The lowest BCUT2D eigenvalue weighted by Crippen LogP contribution is -2.52. The van der Waals surface area contributed by atoms with Crippen molar-refractivity contribution in [1.82, 2.24) is 4.90 Å². The summed E-state index contributed by atoms with van der Waals surface area (Å²) in [6.07, 6.45) is 1.73. The van der Waals surface area contributed by atoms with Gasteiger partial charge in [0.15, 0.2) is 9.84 Å². The maximum Gasteiger partial charge on any atom is 0.410 e. The molecule has 25 heavy (non-hydrogen) atoms. The minimum atomic E-state index is -3.76. The van der Waals surface area contributed by atoms with E-state index in [1.165, 1.54) is 23.1 Å². The number of ether oxygens (including phenoxy) is 1. The van der Waals surface area contributed by atoms with E-state index in [0.717, 1.165) is 18.9 Å². The van der Waals surface area contributed by atoms with Gasteiger partial charge in [0.05, 0.1) is 16.2 Å². The standard InChI is InChI=1S/C18H26FNO4S/c1-13(25(22,23)15-9-7-8-14(19)12-15)16-10-5-6-11-20(16)17(21)24-18(2,3)4/h7-9,12-13,16H,5-6,10-11H2,1-4H3. The fourth-order valence-electron chi connectivity index (χ4n) is 3.06. The van der Waals surface area contributed by atoms with Crippen molar-refractivity contribution < 1.29 is 22.3 Å². The van der Waals surface area contributed by atoms with Crippen molar-refractivity contribution in [2.45, 2.75) is 68.7 Å². The average Bonchev–Trinajstić information content (AvgIpc) is 2.52. The molecule has 1 heterocycles. The van der Waals surface area contributed by atoms with Gasteiger partial charge in [-0.1, -0.05) is 6.07 Å². The maximum atomic E-state index is 13.4. The van der Waals surface area contributed by atoms with Crippen LogP contribution >= 0.6 is 0 Å². The number of likely N-dealkylation sites (tertiary alicyclic amines) is 1. The highest BCUT2D eigenvalue weighted by molar-refractivity contribution is 7.92. The molecule has 0 bridgehead atoms. The highest BCUT2D eigenvalue weighted by Crippen LogP contribution is 2.29. The molecule has 0 spiro atoms. The Labute approximate surface area is 149 Å². The first kappa shape index (κ1) is 19.7. The Balaban J connectivity index is 2.28. The van der Waals surface area contributed by atoms with Gasteiger partial charge < -0.3 is 9.64 Å². The first-order chi connectivity index (χ1) is 11.5. The quantitative estimate of drug-likeness (QED) is 0.811. The molecule has 0 N–H and O–H groups in total. The topological polar surface area (TPSA) is 63.7 Å². The summed E-state index contributed by atoms with van der Waals surface area (Å²) in [5.41, 5.74) is -0.649. The van der Waals surface area contributed by atoms with Crippen molar-refractivity contribution in [2.24, 2.45) is 0 Å². The second-order valence-corrected chi connectivity index (χ2v) is 9.75. The number of piperidine rings is 1. The van der Waals surface area contributed by atoms with Crippen LogP contribution in [-0.2, 0) is 14.6 Å². The van der Waals surface area contributed by atoms with Crippen molar-refractivity contribution in [1.29, 1.82) is 0 Å². The Morgan fingerprint density at radius 2 is 2.00 bits per heavy atom. The predicted octanol–water partition coefficient (Wildman–Crippen LogP) is 3.78. The van der Waals surface area contributed by atoms with E-state index in [9.17, 15) is 17.6 Å². The maximum absolute atomic E-state index is 13.4. The molecule has 1 saturated heterocycles. The molecular formula is C18H26FNO4S. The fourth-order valence-corrected chi connectivity index (χ4v) is 4.73. The number of halogens is 1. The van der Waals surface area contributed by atoms with E-state index in [4.69, 9.17) is 4.74 Å². The number of sulfone groups is 1. The molecule has 0 saturated carbocycles. The highest BCUT2D eigenvalue weighted by Gasteiger charge is 2.39. The Morgan fingerprint density at radius 3 is 2.60 bits per heavy atom. The van der Waals surface area contributed by atoms with Crippen LogP contribution in [0.5, 0.6) is 0 Å². The lowest BCUT2D eigenvalue weighted by atomic mass is 10.0. The number of nitrogens with zero attached hydrogens (tertiary/aromatic N) is 1. The summed E-state index contributed by atoms with van der Waals surface area (Å²) in [7, 11) is -3.76. The summed E-state index contributed by atoms with van der Waals surface area (Å²) in [5.74, 6) is -0.596. The van der Waals surface area contributed by atoms with Gasteiger partial charge in [-0.3, -0.25) is 0 Å². The molecular weight excluding hydrogens is 345 g/mol. The molecule has 2 unspecified atom stereocenters. The van der Waals surface area contributed by atoms with E-state index >= 15 is 0 Å². The molecule has 1 aliphatic rings. The van der Waals surface area contributed by atoms with Crippen LogP contribution in [-0.4, -0.2) is 42.8 Å². The smallest absolute Gasteiger partial charge is 0.410 e. The van der Waals surface area contributed by atoms with Crippen LogP contribution in [0.15, 0.2) is 29.2 Å². The van der Waals surface area contributed by atoms with Crippen LogP contribution in [0, 0.1) is 5.82 Å². The van der Waals surface area contributed by atoms with Gasteiger partial charge in [-0.15, -0.1) is 0 Å². The van der Waals surface area contributed by atoms with Crippen LogP contribution in [0.2, 0.25) is 0 Å². The number of benzene rings is 1. The van der Waals surface area contributed by atoms with Gasteiger partial charge >= 0.3 is 6.09 Å². The van der Waals surface area contributed by atoms with Gasteiger partial charge in [0.25, 0.3) is 0 Å². The third kappa shape index (κ3) is 4.71. The van der Waals surface area contributed by atoms with Crippen LogP contribution in [0.25, 0.3) is 0 Å². The molecule has 5 nitrogen and oxygen atoms in total. The van der Waals surface area contributed by atoms with E-state index in [-0.39, 0.29) is 4.90 Å². The normalized spacial score (nSPS) is 20.2. The fraction of sp³-hybridized carbons (Fsp3) is 0.611. The second-order valence-electron chi connectivity index (χ2n) is 7.44. The van der Waals surface area contributed by atoms with Crippen molar-refractivity contribution in [2.75, 3.05) is 6.54 Å². The molecule has 0 radical (unpaired) electrons. The minimum Gasteiger partial charge on any atom is -0.444 e. The number of hydrogen-bond donors (Lipinski definition) is 0. The molecule has 1 fully saturated rings. The van der Waals surface area contributed by atoms with E-state index in [1.807, 2.05) is 0 Å². The SMILES string of the molecule is CC(C1CCCCN1C(=O)OC(C)(C)C)S(=O)(=O)c1cccc(F)c1. The van der Waals surface area contributed by atoms with Gasteiger partial charge in [-0.2, -0.15) is 0 Å². The summed E-state index contributed by atoms with van der Waals surface area (Å²) < 4.78 is 44.7. The van der Waals surface area contributed by atoms with Crippen LogP contribution in [0.4, 0.5) is 9.18 Å². The number of hydrogen-bond acceptors (Lipinski definition) is 4. The zero-order valence-corrected chi connectivity index (χ0v) is 16.0. The van der Waals surface area contributed by atoms with Gasteiger partial charge in [0, 0.05) is 6.54 Å². The Kier molecular flexibility index (Phi) is 5.76. The number of amides is 1. The predicted molar refractivity (Wildman–Crippen MR) is 93.6 cm³/mol. The zero-order chi connectivity index (χ0) is 18.8. The summed E-state index contributed by atoms with van der Waals surface area (Å²) in [6.45, 7) is 7.36. The molecule has 0 aliphatic carbocycles. The summed E-state index contributed by atoms with van der Waals surface area (Å²) >= 11 is 0. The van der Waals surface area contributed by atoms with Gasteiger partial charge in [0.1, 0.15) is 11.4 Å². The lowest BCUT2D eigenvalue weighted by Gasteiger charge is -2.39. The number of carbonyl (C=O) groups excluding carboxylic acids is 1. The molecule has 0 aromatic heterocycles. The van der Waals surface area contributed by atoms with E-state index < -0.39 is 38.6 Å². The molecule has 140 valence electrons. The van der Waals surface area contributed by atoms with Crippen molar-refractivity contribution in [3.63, 3.8) is 0 Å². The monoisotopic (exact) mass is 371 g/mol. The molecule has 7 heteroatoms. The summed E-state index contributed by atoms with van der Waals surface area (Å²) in [4.78, 5) is 13.9. The molecule has 2 rings (SSSR count). The molecule has 1 aliphatic heterocycles. The molecule has 1 amide bonds. The molecule has 2 atom stereocenters. The first-order valence-corrected chi connectivity index (χ1v) is 10.1. The Morgan fingerprint density at radius 1 is 1.32 bits per heavy atom. The van der Waals surface area contributed by atoms with Crippen molar-refractivity contribution in [3.8, 4) is 0 Å². The lowest BCUT2D eigenvalue weighted by molar-refractivity contribution is 0.00986. The van der Waals surface area contributed by atoms with E-state index in [1.54, 1.807) is 27.7 Å². The highest BCUT2D eigenvalue weighted by atomic mass is 32.2. The largest absolute Gasteiger partial charge is 0.444 e. The number of rotatable bonds is 3. The molecule has 1 aromatic rings. The third-order valence-corrected chi connectivity index (χ3v) is 6.54. The average molecular weight is 371 g/mol. The van der Waals surface area contributed by atoms with E-state index in [2.05, 4.69) is 0 Å². The van der Waals surface area contributed by atoms with Gasteiger partial charge in [-0.25, -0.2) is 17.6 Å². The number of carbonyl (C=O) groups is 1. The minimum absolute atomic E-state index is 0.0605. The molecule has 1 aromatic carbocycles. The zero-order valence-electron chi connectivity index (χ0n) is 15.2. The summed E-state index contributed by atoms with van der Waals surface area (Å²) in [6, 6.07) is 4.50. The second kappa shape index (κ2) is 7.32. The van der Waals surface area contributed by atoms with Gasteiger partial charge in [0.2, 0.25) is 0 Å². The first-order valence-electron chi connectivity index (χ1n) is 8.51. The third-order valence-electron chi connectivity index (χ3n) is 4.33. The Bertz CT molecular complexity index is 727. The van der Waals surface area contributed by atoms with E-state index in [0.29, 0.717) is 13.0 Å². The van der Waals surface area contributed by atoms with Crippen LogP contribution < -0.4 is 0 Å². The van der Waals surface area contributed by atoms with Crippen LogP contribution in [0.1, 0.15) is 47.0 Å². The van der Waals surface area contributed by atoms with Crippen molar-refractivity contribution in [3.05, 3.63) is 30.1 Å². The van der Waals surface area contributed by atoms with Gasteiger partial charge in [-0.05, 0) is 65.2 Å². The Hall–Kier alpha value is -1.63. The summed E-state index contributed by atoms with van der Waals surface area (Å²) in [5, 5.41) is -0.845. The van der Waals surface area contributed by atoms with Crippen LogP contribution in [0.3, 0.4) is 0 Å².